The van der Waals surface area contributed by atoms with Crippen LogP contribution in [0.5, 0.6) is 5.75 Å². The van der Waals surface area contributed by atoms with E-state index in [1.807, 2.05) is 0 Å². The number of phenols is 1. The van der Waals surface area contributed by atoms with Gasteiger partial charge in [0.05, 0.1) is 0 Å². The van der Waals surface area contributed by atoms with Crippen LogP contribution < -0.4 is 0 Å². The zero-order valence-corrected chi connectivity index (χ0v) is 13.4. The maximum Gasteiger partial charge on any atom is 0.363 e. The predicted molar refractivity (Wildman–Crippen MR) is 87.9 cm³/mol. The van der Waals surface area contributed by atoms with E-state index in [2.05, 4.69) is 20.9 Å². The van der Waals surface area contributed by atoms with E-state index in [1.54, 1.807) is 36.4 Å². The Hall–Kier alpha value is -2.11. The Balaban J connectivity index is 1.99. The first kappa shape index (κ1) is 14.8. The minimum absolute atomic E-state index is 0.0508. The summed E-state index contributed by atoms with van der Waals surface area (Å²) in [5, 5.41) is 10.3. The number of phenolic OH excluding ortho intramolecular Hbond substituents is 1. The fraction of sp³-hybridized carbons (Fsp3) is 0. The Kier molecular flexibility index (Phi) is 4.00. The summed E-state index contributed by atoms with van der Waals surface area (Å²) in [7, 11) is 0. The number of cyclic esters (lactones) is 1. The first-order valence-electron chi connectivity index (χ1n) is 6.30. The van der Waals surface area contributed by atoms with E-state index in [4.69, 9.17) is 16.3 Å². The van der Waals surface area contributed by atoms with Gasteiger partial charge in [-0.1, -0.05) is 33.6 Å². The molecule has 22 heavy (non-hydrogen) atoms. The van der Waals surface area contributed by atoms with Crippen molar-refractivity contribution < 1.29 is 14.6 Å². The topological polar surface area (TPSA) is 58.9 Å². The SMILES string of the molecule is O=C1OC(c2cccc(Cl)c2)=N/C1=C/c1cc(Br)ccc1O. The Bertz CT molecular complexity index is 830. The van der Waals surface area contributed by atoms with Crippen molar-refractivity contribution in [2.75, 3.05) is 0 Å². The molecule has 2 aromatic carbocycles. The minimum Gasteiger partial charge on any atom is -0.507 e. The molecule has 2 aromatic rings. The highest BCUT2D eigenvalue weighted by Crippen LogP contribution is 2.27. The number of nitrogens with zero attached hydrogens (tertiary/aromatic N) is 1. The van der Waals surface area contributed by atoms with Crippen LogP contribution in [-0.2, 0) is 9.53 Å². The molecule has 1 aliphatic rings. The number of benzene rings is 2. The number of aromatic hydroxyl groups is 1. The van der Waals surface area contributed by atoms with Gasteiger partial charge in [-0.15, -0.1) is 0 Å². The third kappa shape index (κ3) is 3.05. The van der Waals surface area contributed by atoms with Crippen LogP contribution in [0.4, 0.5) is 0 Å². The number of hydrogen-bond donors (Lipinski definition) is 1. The van der Waals surface area contributed by atoms with Crippen LogP contribution in [0.2, 0.25) is 5.02 Å². The first-order chi connectivity index (χ1) is 10.5. The lowest BCUT2D eigenvalue weighted by Crippen LogP contribution is -2.05. The number of hydrogen-bond acceptors (Lipinski definition) is 4. The Labute approximate surface area is 139 Å². The molecule has 0 aliphatic carbocycles. The highest BCUT2D eigenvalue weighted by molar-refractivity contribution is 9.10. The summed E-state index contributed by atoms with van der Waals surface area (Å²) in [5.41, 5.74) is 1.20. The van der Waals surface area contributed by atoms with Crippen molar-refractivity contribution in [3.8, 4) is 5.75 Å². The summed E-state index contributed by atoms with van der Waals surface area (Å²) in [6.45, 7) is 0. The number of esters is 1. The second kappa shape index (κ2) is 5.94. The fourth-order valence-electron chi connectivity index (χ4n) is 1.94. The largest absolute Gasteiger partial charge is 0.507 e. The summed E-state index contributed by atoms with van der Waals surface area (Å²) >= 11 is 9.23. The van der Waals surface area contributed by atoms with E-state index in [-0.39, 0.29) is 17.3 Å². The van der Waals surface area contributed by atoms with Crippen LogP contribution in [0.1, 0.15) is 11.1 Å². The third-order valence-corrected chi connectivity index (χ3v) is 3.70. The second-order valence-corrected chi connectivity index (χ2v) is 5.90. The summed E-state index contributed by atoms with van der Waals surface area (Å²) in [4.78, 5) is 16.1. The average molecular weight is 379 g/mol. The maximum absolute atomic E-state index is 11.9. The number of aliphatic imine (C=N–C) groups is 1. The van der Waals surface area contributed by atoms with Crippen LogP contribution in [-0.4, -0.2) is 17.0 Å². The van der Waals surface area contributed by atoms with Crippen LogP contribution in [0.15, 0.2) is 57.6 Å². The number of halogens is 2. The molecule has 1 N–H and O–H groups in total. The molecule has 0 fully saturated rings. The van der Waals surface area contributed by atoms with Crippen LogP contribution in [0.3, 0.4) is 0 Å². The van der Waals surface area contributed by atoms with Crippen molar-refractivity contribution in [2.24, 2.45) is 4.99 Å². The molecule has 1 aliphatic heterocycles. The monoisotopic (exact) mass is 377 g/mol. The van der Waals surface area contributed by atoms with Gasteiger partial charge in [-0.2, -0.15) is 0 Å². The molecular weight excluding hydrogens is 370 g/mol. The molecule has 0 saturated heterocycles. The molecule has 3 rings (SSSR count). The molecule has 0 atom stereocenters. The lowest BCUT2D eigenvalue weighted by molar-refractivity contribution is -0.129. The van der Waals surface area contributed by atoms with Gasteiger partial charge in [0.15, 0.2) is 5.70 Å². The molecule has 0 bridgehead atoms. The lowest BCUT2D eigenvalue weighted by Gasteiger charge is -1.99. The van der Waals surface area contributed by atoms with E-state index in [9.17, 15) is 9.90 Å². The minimum atomic E-state index is -0.575. The Morgan fingerprint density at radius 2 is 2.05 bits per heavy atom. The van der Waals surface area contributed by atoms with Crippen molar-refractivity contribution in [1.82, 2.24) is 0 Å². The Morgan fingerprint density at radius 3 is 2.82 bits per heavy atom. The molecule has 0 aromatic heterocycles. The standard InChI is InChI=1S/C16H9BrClNO3/c17-11-4-5-14(20)10(6-11)8-13-16(21)22-15(19-13)9-2-1-3-12(18)7-9/h1-8,20H/b13-8+. The highest BCUT2D eigenvalue weighted by atomic mass is 79.9. The van der Waals surface area contributed by atoms with Crippen molar-refractivity contribution in [2.45, 2.75) is 0 Å². The number of carbonyl (C=O) groups is 1. The first-order valence-corrected chi connectivity index (χ1v) is 7.47. The molecule has 4 nitrogen and oxygen atoms in total. The van der Waals surface area contributed by atoms with Crippen molar-refractivity contribution >= 4 is 45.5 Å². The van der Waals surface area contributed by atoms with E-state index in [0.717, 1.165) is 4.47 Å². The number of ether oxygens (including phenoxy) is 1. The normalized spacial score (nSPS) is 15.8. The predicted octanol–water partition coefficient (Wildman–Crippen LogP) is 4.15. The fourth-order valence-corrected chi connectivity index (χ4v) is 2.51. The highest BCUT2D eigenvalue weighted by Gasteiger charge is 2.24. The summed E-state index contributed by atoms with van der Waals surface area (Å²) in [5.74, 6) is -0.336. The molecule has 0 amide bonds. The number of carbonyl (C=O) groups excluding carboxylic acids is 1. The van der Waals surface area contributed by atoms with Crippen molar-refractivity contribution in [3.05, 3.63) is 68.8 Å². The quantitative estimate of drug-likeness (QED) is 0.631. The van der Waals surface area contributed by atoms with Gasteiger partial charge in [-0.3, -0.25) is 0 Å². The zero-order valence-electron chi connectivity index (χ0n) is 11.1. The van der Waals surface area contributed by atoms with Crippen molar-refractivity contribution in [3.63, 3.8) is 0 Å². The van der Waals surface area contributed by atoms with Crippen LogP contribution in [0.25, 0.3) is 6.08 Å². The number of rotatable bonds is 2. The van der Waals surface area contributed by atoms with E-state index >= 15 is 0 Å². The van der Waals surface area contributed by atoms with Gasteiger partial charge in [-0.05, 0) is 42.5 Å². The molecule has 1 heterocycles. The molecule has 0 radical (unpaired) electrons. The second-order valence-electron chi connectivity index (χ2n) is 4.55. The molecule has 6 heteroatoms. The summed E-state index contributed by atoms with van der Waals surface area (Å²) < 4.78 is 5.93. The maximum atomic E-state index is 11.9. The molecule has 0 spiro atoms. The van der Waals surface area contributed by atoms with Gasteiger partial charge in [-0.25, -0.2) is 9.79 Å². The smallest absolute Gasteiger partial charge is 0.363 e. The van der Waals surface area contributed by atoms with Gasteiger partial charge in [0.1, 0.15) is 5.75 Å². The molecule has 0 saturated carbocycles. The Morgan fingerprint density at radius 1 is 1.23 bits per heavy atom. The van der Waals surface area contributed by atoms with E-state index in [0.29, 0.717) is 16.1 Å². The van der Waals surface area contributed by atoms with E-state index in [1.165, 1.54) is 12.1 Å². The van der Waals surface area contributed by atoms with Crippen LogP contribution >= 0.6 is 27.5 Å². The third-order valence-electron chi connectivity index (χ3n) is 2.97. The molecule has 0 unspecified atom stereocenters. The van der Waals surface area contributed by atoms with Gasteiger partial charge in [0, 0.05) is 20.6 Å². The molecular formula is C16H9BrClNO3. The van der Waals surface area contributed by atoms with Gasteiger partial charge < -0.3 is 9.84 Å². The van der Waals surface area contributed by atoms with Crippen molar-refractivity contribution in [1.29, 1.82) is 0 Å². The summed E-state index contributed by atoms with van der Waals surface area (Å²) in [6, 6.07) is 11.8. The van der Waals surface area contributed by atoms with Crippen LogP contribution in [0, 0.1) is 0 Å². The van der Waals surface area contributed by atoms with Gasteiger partial charge >= 0.3 is 5.97 Å². The average Bonchev–Trinajstić information content (AvgIpc) is 2.84. The summed E-state index contributed by atoms with van der Waals surface area (Å²) in [6.07, 6.45) is 1.47. The lowest BCUT2D eigenvalue weighted by atomic mass is 10.1. The molecule has 110 valence electrons. The zero-order chi connectivity index (χ0) is 15.7. The van der Waals surface area contributed by atoms with E-state index < -0.39 is 5.97 Å². The van der Waals surface area contributed by atoms with Gasteiger partial charge in [0.2, 0.25) is 5.90 Å². The van der Waals surface area contributed by atoms with Gasteiger partial charge in [0.25, 0.3) is 0 Å².